The molecule has 0 radical (unpaired) electrons. The maximum absolute atomic E-state index is 4.42. The minimum Gasteiger partial charge on any atom is -0.370 e. The molecule has 0 aromatic carbocycles. The zero-order chi connectivity index (χ0) is 12.8. The van der Waals surface area contributed by atoms with Crippen LogP contribution in [0.15, 0.2) is 6.07 Å². The van der Waals surface area contributed by atoms with Gasteiger partial charge in [0.15, 0.2) is 0 Å². The van der Waals surface area contributed by atoms with Crippen molar-refractivity contribution in [1.82, 2.24) is 15.3 Å². The molecule has 3 N–H and O–H groups in total. The highest BCUT2D eigenvalue weighted by molar-refractivity contribution is 5.47. The van der Waals surface area contributed by atoms with Crippen molar-refractivity contribution >= 4 is 11.6 Å². The average molecular weight is 249 g/mol. The Kier molecular flexibility index (Phi) is 4.75. The molecule has 1 aromatic heterocycles. The maximum Gasteiger partial charge on any atom is 0.131 e. The Bertz CT molecular complexity index is 374. The number of nitrogens with one attached hydrogen (secondary N) is 3. The number of nitrogens with zero attached hydrogens (tertiary/aromatic N) is 2. The van der Waals surface area contributed by atoms with Crippen LogP contribution in [0.25, 0.3) is 0 Å². The summed E-state index contributed by atoms with van der Waals surface area (Å²) in [4.78, 5) is 8.77. The van der Waals surface area contributed by atoms with Crippen molar-refractivity contribution in [1.29, 1.82) is 0 Å². The number of aromatic nitrogens is 2. The Morgan fingerprint density at radius 3 is 2.56 bits per heavy atom. The van der Waals surface area contributed by atoms with Crippen molar-refractivity contribution in [2.75, 3.05) is 36.8 Å². The Morgan fingerprint density at radius 1 is 1.22 bits per heavy atom. The van der Waals surface area contributed by atoms with E-state index in [1.165, 1.54) is 12.8 Å². The van der Waals surface area contributed by atoms with E-state index in [0.717, 1.165) is 49.6 Å². The predicted molar refractivity (Wildman–Crippen MR) is 75.0 cm³/mol. The molecule has 18 heavy (non-hydrogen) atoms. The van der Waals surface area contributed by atoms with Gasteiger partial charge in [0, 0.05) is 19.2 Å². The molecule has 1 aliphatic heterocycles. The van der Waals surface area contributed by atoms with E-state index in [1.807, 2.05) is 13.0 Å². The molecule has 0 bridgehead atoms. The normalized spacial score (nSPS) is 16.6. The summed E-state index contributed by atoms with van der Waals surface area (Å²) in [6.45, 7) is 8.15. The lowest BCUT2D eigenvalue weighted by atomic mass is 9.98. The summed E-state index contributed by atoms with van der Waals surface area (Å²) in [6.07, 6.45) is 2.49. The van der Waals surface area contributed by atoms with Crippen molar-refractivity contribution in [3.8, 4) is 0 Å². The number of piperidine rings is 1. The molecule has 1 fully saturated rings. The summed E-state index contributed by atoms with van der Waals surface area (Å²) < 4.78 is 0. The third-order valence-electron chi connectivity index (χ3n) is 3.23. The fraction of sp³-hybridized carbons (Fsp3) is 0.692. The summed E-state index contributed by atoms with van der Waals surface area (Å²) in [5.74, 6) is 3.39. The molecule has 0 saturated carbocycles. The van der Waals surface area contributed by atoms with E-state index in [2.05, 4.69) is 32.8 Å². The number of hydrogen-bond donors (Lipinski definition) is 3. The molecule has 0 aliphatic carbocycles. The highest BCUT2D eigenvalue weighted by atomic mass is 15.1. The number of anilines is 2. The summed E-state index contributed by atoms with van der Waals surface area (Å²) in [5.41, 5.74) is 0. The standard InChI is InChI=1S/C13H23N5/c1-3-15-12-8-13(18-10(2)17-12)16-9-11-4-6-14-7-5-11/h8,11,14H,3-7,9H2,1-2H3,(H2,15,16,17,18). The van der Waals surface area contributed by atoms with Gasteiger partial charge in [-0.1, -0.05) is 0 Å². The van der Waals surface area contributed by atoms with Crippen LogP contribution in [0.2, 0.25) is 0 Å². The zero-order valence-electron chi connectivity index (χ0n) is 11.3. The van der Waals surface area contributed by atoms with Gasteiger partial charge in [0.1, 0.15) is 17.5 Å². The third-order valence-corrected chi connectivity index (χ3v) is 3.23. The minimum atomic E-state index is 0.754. The van der Waals surface area contributed by atoms with Gasteiger partial charge in [0.2, 0.25) is 0 Å². The fourth-order valence-corrected chi connectivity index (χ4v) is 2.26. The molecule has 0 spiro atoms. The SMILES string of the molecule is CCNc1cc(NCC2CCNCC2)nc(C)n1. The quantitative estimate of drug-likeness (QED) is 0.740. The Morgan fingerprint density at radius 2 is 1.89 bits per heavy atom. The van der Waals surface area contributed by atoms with E-state index in [0.29, 0.717) is 0 Å². The smallest absolute Gasteiger partial charge is 0.131 e. The van der Waals surface area contributed by atoms with Gasteiger partial charge >= 0.3 is 0 Å². The largest absolute Gasteiger partial charge is 0.370 e. The number of aryl methyl sites for hydroxylation is 1. The highest BCUT2D eigenvalue weighted by Crippen LogP contribution is 2.15. The van der Waals surface area contributed by atoms with E-state index in [-0.39, 0.29) is 0 Å². The van der Waals surface area contributed by atoms with E-state index in [9.17, 15) is 0 Å². The Hall–Kier alpha value is -1.36. The Labute approximate surface area is 109 Å². The van der Waals surface area contributed by atoms with Gasteiger partial charge in [0.05, 0.1) is 0 Å². The summed E-state index contributed by atoms with van der Waals surface area (Å²) in [7, 11) is 0. The van der Waals surface area contributed by atoms with Gasteiger partial charge in [-0.05, 0) is 45.7 Å². The lowest BCUT2D eigenvalue weighted by molar-refractivity contribution is 0.389. The van der Waals surface area contributed by atoms with Crippen molar-refractivity contribution in [3.63, 3.8) is 0 Å². The lowest BCUT2D eigenvalue weighted by Gasteiger charge is -2.23. The molecular formula is C13H23N5. The molecule has 100 valence electrons. The second-order valence-corrected chi connectivity index (χ2v) is 4.79. The molecule has 5 nitrogen and oxygen atoms in total. The van der Waals surface area contributed by atoms with Crippen LogP contribution in [-0.4, -0.2) is 36.1 Å². The summed E-state index contributed by atoms with van der Waals surface area (Å²) in [5, 5.41) is 10.0. The van der Waals surface area contributed by atoms with Crippen LogP contribution in [0.1, 0.15) is 25.6 Å². The molecule has 0 amide bonds. The van der Waals surface area contributed by atoms with Crippen molar-refractivity contribution in [2.24, 2.45) is 5.92 Å². The molecule has 1 aliphatic rings. The van der Waals surface area contributed by atoms with E-state index >= 15 is 0 Å². The minimum absolute atomic E-state index is 0.754. The van der Waals surface area contributed by atoms with E-state index in [1.54, 1.807) is 0 Å². The van der Waals surface area contributed by atoms with Crippen molar-refractivity contribution in [2.45, 2.75) is 26.7 Å². The van der Waals surface area contributed by atoms with Gasteiger partial charge in [-0.3, -0.25) is 0 Å². The van der Waals surface area contributed by atoms with E-state index in [4.69, 9.17) is 0 Å². The summed E-state index contributed by atoms with van der Waals surface area (Å²) >= 11 is 0. The zero-order valence-corrected chi connectivity index (χ0v) is 11.3. The first-order valence-corrected chi connectivity index (χ1v) is 6.82. The van der Waals surface area contributed by atoms with Crippen LogP contribution in [-0.2, 0) is 0 Å². The number of rotatable bonds is 5. The van der Waals surface area contributed by atoms with Gasteiger partial charge in [0.25, 0.3) is 0 Å². The molecule has 5 heteroatoms. The molecule has 0 unspecified atom stereocenters. The van der Waals surface area contributed by atoms with Gasteiger partial charge in [-0.15, -0.1) is 0 Å². The number of hydrogen-bond acceptors (Lipinski definition) is 5. The first kappa shape index (κ1) is 13.1. The van der Waals surface area contributed by atoms with Crippen LogP contribution in [0.4, 0.5) is 11.6 Å². The second-order valence-electron chi connectivity index (χ2n) is 4.79. The topological polar surface area (TPSA) is 61.9 Å². The lowest BCUT2D eigenvalue weighted by Crippen LogP contribution is -2.31. The molecule has 0 atom stereocenters. The van der Waals surface area contributed by atoms with Crippen molar-refractivity contribution in [3.05, 3.63) is 11.9 Å². The van der Waals surface area contributed by atoms with Crippen LogP contribution in [0.5, 0.6) is 0 Å². The van der Waals surface area contributed by atoms with Crippen LogP contribution in [0, 0.1) is 12.8 Å². The van der Waals surface area contributed by atoms with Crippen LogP contribution < -0.4 is 16.0 Å². The highest BCUT2D eigenvalue weighted by Gasteiger charge is 2.12. The third kappa shape index (κ3) is 3.84. The molecule has 1 aromatic rings. The fourth-order valence-electron chi connectivity index (χ4n) is 2.26. The predicted octanol–water partition coefficient (Wildman–Crippen LogP) is 1.63. The molecule has 1 saturated heterocycles. The first-order valence-electron chi connectivity index (χ1n) is 6.82. The van der Waals surface area contributed by atoms with Gasteiger partial charge < -0.3 is 16.0 Å². The molecular weight excluding hydrogens is 226 g/mol. The molecule has 2 rings (SSSR count). The second kappa shape index (κ2) is 6.54. The average Bonchev–Trinajstić information content (AvgIpc) is 2.37. The Balaban J connectivity index is 1.91. The summed E-state index contributed by atoms with van der Waals surface area (Å²) in [6, 6.07) is 1.98. The van der Waals surface area contributed by atoms with Crippen LogP contribution in [0.3, 0.4) is 0 Å². The van der Waals surface area contributed by atoms with Crippen LogP contribution >= 0.6 is 0 Å². The first-order chi connectivity index (χ1) is 8.78. The maximum atomic E-state index is 4.42. The molecule has 2 heterocycles. The van der Waals surface area contributed by atoms with Gasteiger partial charge in [-0.2, -0.15) is 0 Å². The van der Waals surface area contributed by atoms with Gasteiger partial charge in [-0.25, -0.2) is 9.97 Å². The van der Waals surface area contributed by atoms with Crippen molar-refractivity contribution < 1.29 is 0 Å². The van der Waals surface area contributed by atoms with E-state index < -0.39 is 0 Å². The monoisotopic (exact) mass is 249 g/mol.